The molecule has 100 valence electrons. The Morgan fingerprint density at radius 2 is 2.28 bits per heavy atom. The molecule has 1 aliphatic carbocycles. The second-order valence-electron chi connectivity index (χ2n) is 4.95. The van der Waals surface area contributed by atoms with E-state index in [1.54, 1.807) is 6.20 Å². The van der Waals surface area contributed by atoms with Crippen molar-refractivity contribution in [2.24, 2.45) is 11.1 Å². The highest BCUT2D eigenvalue weighted by atomic mass is 16.4. The third kappa shape index (κ3) is 2.56. The van der Waals surface area contributed by atoms with Gasteiger partial charge in [-0.05, 0) is 12.8 Å². The van der Waals surface area contributed by atoms with Crippen LogP contribution in [-0.4, -0.2) is 17.4 Å². The predicted octanol–water partition coefficient (Wildman–Crippen LogP) is 1.37. The zero-order valence-corrected chi connectivity index (χ0v) is 10.9. The Kier molecular flexibility index (Phi) is 4.01. The van der Waals surface area contributed by atoms with E-state index in [-0.39, 0.29) is 11.3 Å². The molecule has 1 aliphatic rings. The van der Waals surface area contributed by atoms with Crippen molar-refractivity contribution >= 4 is 5.91 Å². The lowest BCUT2D eigenvalue weighted by atomic mass is 9.85. The van der Waals surface area contributed by atoms with E-state index in [1.807, 2.05) is 6.92 Å². The van der Waals surface area contributed by atoms with Crippen molar-refractivity contribution in [3.8, 4) is 0 Å². The minimum absolute atomic E-state index is 0.0405. The molecule has 5 nitrogen and oxygen atoms in total. The Labute approximate surface area is 107 Å². The summed E-state index contributed by atoms with van der Waals surface area (Å²) in [7, 11) is 0. The van der Waals surface area contributed by atoms with Crippen LogP contribution in [0.1, 0.15) is 44.3 Å². The summed E-state index contributed by atoms with van der Waals surface area (Å²) in [5.74, 6) is 1.44. The van der Waals surface area contributed by atoms with Gasteiger partial charge in [0.25, 0.3) is 0 Å². The normalized spacial score (nSPS) is 17.9. The largest absolute Gasteiger partial charge is 0.444 e. The Hall–Kier alpha value is -1.36. The van der Waals surface area contributed by atoms with Crippen molar-refractivity contribution in [1.82, 2.24) is 10.3 Å². The molecule has 1 aromatic rings. The molecule has 1 aromatic heterocycles. The molecule has 1 saturated carbocycles. The number of nitrogens with zero attached hydrogens (tertiary/aromatic N) is 1. The molecule has 0 atom stereocenters. The fourth-order valence-corrected chi connectivity index (χ4v) is 2.51. The van der Waals surface area contributed by atoms with Gasteiger partial charge in [0, 0.05) is 13.0 Å². The summed E-state index contributed by atoms with van der Waals surface area (Å²) in [5.41, 5.74) is 5.40. The van der Waals surface area contributed by atoms with Gasteiger partial charge in [-0.3, -0.25) is 4.79 Å². The molecule has 0 aliphatic heterocycles. The first kappa shape index (κ1) is 13.1. The monoisotopic (exact) mass is 251 g/mol. The molecule has 0 radical (unpaired) electrons. The van der Waals surface area contributed by atoms with Crippen LogP contribution in [0.25, 0.3) is 0 Å². The van der Waals surface area contributed by atoms with Gasteiger partial charge >= 0.3 is 0 Å². The fourth-order valence-electron chi connectivity index (χ4n) is 2.51. The summed E-state index contributed by atoms with van der Waals surface area (Å²) < 4.78 is 5.46. The van der Waals surface area contributed by atoms with Crippen LogP contribution < -0.4 is 11.1 Å². The lowest BCUT2D eigenvalue weighted by Gasteiger charge is -2.25. The number of carbonyl (C=O) groups is 1. The topological polar surface area (TPSA) is 81.2 Å². The molecule has 5 heteroatoms. The highest BCUT2D eigenvalue weighted by molar-refractivity contribution is 5.83. The van der Waals surface area contributed by atoms with E-state index in [0.29, 0.717) is 19.0 Å². The van der Waals surface area contributed by atoms with Crippen molar-refractivity contribution in [2.45, 2.75) is 45.6 Å². The third-order valence-corrected chi connectivity index (χ3v) is 3.78. The Morgan fingerprint density at radius 1 is 1.56 bits per heavy atom. The van der Waals surface area contributed by atoms with Crippen molar-refractivity contribution in [2.75, 3.05) is 6.54 Å². The summed E-state index contributed by atoms with van der Waals surface area (Å²) in [6, 6.07) is 0. The molecule has 1 fully saturated rings. The zero-order valence-electron chi connectivity index (χ0n) is 10.9. The van der Waals surface area contributed by atoms with Gasteiger partial charge < -0.3 is 15.5 Å². The molecular weight excluding hydrogens is 230 g/mol. The number of oxazole rings is 1. The van der Waals surface area contributed by atoms with E-state index < -0.39 is 0 Å². The highest BCUT2D eigenvalue weighted by Crippen LogP contribution is 2.37. The Balaban J connectivity index is 1.91. The molecule has 0 saturated heterocycles. The van der Waals surface area contributed by atoms with Gasteiger partial charge in [-0.15, -0.1) is 0 Å². The maximum absolute atomic E-state index is 12.2. The van der Waals surface area contributed by atoms with E-state index in [1.165, 1.54) is 0 Å². The minimum Gasteiger partial charge on any atom is -0.444 e. The molecule has 0 aromatic carbocycles. The molecule has 2 rings (SSSR count). The Morgan fingerprint density at radius 3 is 2.83 bits per heavy atom. The van der Waals surface area contributed by atoms with Gasteiger partial charge in [-0.2, -0.15) is 0 Å². The van der Waals surface area contributed by atoms with Crippen LogP contribution in [0.4, 0.5) is 0 Å². The molecule has 0 unspecified atom stereocenters. The van der Waals surface area contributed by atoms with Gasteiger partial charge in [-0.1, -0.05) is 19.8 Å². The first-order chi connectivity index (χ1) is 8.70. The maximum Gasteiger partial charge on any atom is 0.227 e. The summed E-state index contributed by atoms with van der Waals surface area (Å²) in [6.07, 6.45) is 6.47. The van der Waals surface area contributed by atoms with Crippen molar-refractivity contribution < 1.29 is 9.21 Å². The van der Waals surface area contributed by atoms with Crippen LogP contribution in [0.2, 0.25) is 0 Å². The van der Waals surface area contributed by atoms with E-state index in [2.05, 4.69) is 10.3 Å². The van der Waals surface area contributed by atoms with Gasteiger partial charge in [0.15, 0.2) is 0 Å². The van der Waals surface area contributed by atoms with Crippen molar-refractivity contribution in [1.29, 1.82) is 0 Å². The molecule has 18 heavy (non-hydrogen) atoms. The third-order valence-electron chi connectivity index (χ3n) is 3.78. The van der Waals surface area contributed by atoms with Gasteiger partial charge in [-0.25, -0.2) is 4.98 Å². The number of amides is 1. The molecule has 0 spiro atoms. The SMILES string of the molecule is CCc1cnc(CNC(=O)C2(CN)CCCC2)o1. The Bertz CT molecular complexity index is 408. The smallest absolute Gasteiger partial charge is 0.227 e. The van der Waals surface area contributed by atoms with E-state index in [0.717, 1.165) is 37.9 Å². The first-order valence-electron chi connectivity index (χ1n) is 6.62. The van der Waals surface area contributed by atoms with Crippen LogP contribution in [-0.2, 0) is 17.8 Å². The summed E-state index contributed by atoms with van der Waals surface area (Å²) in [5, 5.41) is 2.89. The predicted molar refractivity (Wildman–Crippen MR) is 67.7 cm³/mol. The molecule has 1 heterocycles. The number of hydrogen-bond donors (Lipinski definition) is 2. The number of carbonyl (C=O) groups excluding carboxylic acids is 1. The van der Waals surface area contributed by atoms with Crippen molar-refractivity contribution in [3.63, 3.8) is 0 Å². The van der Waals surface area contributed by atoms with Crippen LogP contribution in [0.15, 0.2) is 10.6 Å². The highest BCUT2D eigenvalue weighted by Gasteiger charge is 2.39. The minimum atomic E-state index is -0.361. The van der Waals surface area contributed by atoms with Gasteiger partial charge in [0.05, 0.1) is 18.2 Å². The quantitative estimate of drug-likeness (QED) is 0.828. The van der Waals surface area contributed by atoms with E-state index in [9.17, 15) is 4.79 Å². The standard InChI is InChI=1S/C13H21N3O2/c1-2-10-7-15-11(18-10)8-16-12(17)13(9-14)5-3-4-6-13/h7H,2-6,8-9,14H2,1H3,(H,16,17). The average molecular weight is 251 g/mol. The van der Waals surface area contributed by atoms with Crippen LogP contribution in [0.5, 0.6) is 0 Å². The van der Waals surface area contributed by atoms with Crippen LogP contribution in [0, 0.1) is 5.41 Å². The second-order valence-corrected chi connectivity index (χ2v) is 4.95. The van der Waals surface area contributed by atoms with Gasteiger partial charge in [0.1, 0.15) is 5.76 Å². The number of nitrogens with two attached hydrogens (primary N) is 1. The molecule has 0 bridgehead atoms. The number of hydrogen-bond acceptors (Lipinski definition) is 4. The van der Waals surface area contributed by atoms with Gasteiger partial charge in [0.2, 0.25) is 11.8 Å². The summed E-state index contributed by atoms with van der Waals surface area (Å²) in [6.45, 7) is 2.77. The number of nitrogens with one attached hydrogen (secondary N) is 1. The number of aromatic nitrogens is 1. The maximum atomic E-state index is 12.2. The van der Waals surface area contributed by atoms with Crippen LogP contribution >= 0.6 is 0 Å². The summed E-state index contributed by atoms with van der Waals surface area (Å²) in [4.78, 5) is 16.3. The number of aryl methyl sites for hydroxylation is 1. The van der Waals surface area contributed by atoms with E-state index in [4.69, 9.17) is 10.2 Å². The lowest BCUT2D eigenvalue weighted by molar-refractivity contribution is -0.130. The first-order valence-corrected chi connectivity index (χ1v) is 6.62. The average Bonchev–Trinajstić information content (AvgIpc) is 3.05. The lowest BCUT2D eigenvalue weighted by Crippen LogP contribution is -2.43. The van der Waals surface area contributed by atoms with Crippen molar-refractivity contribution in [3.05, 3.63) is 17.8 Å². The number of rotatable bonds is 5. The summed E-state index contributed by atoms with van der Waals surface area (Å²) >= 11 is 0. The fraction of sp³-hybridized carbons (Fsp3) is 0.692. The molecular formula is C13H21N3O2. The molecule has 1 amide bonds. The molecule has 3 N–H and O–H groups in total. The zero-order chi connectivity index (χ0) is 13.0. The van der Waals surface area contributed by atoms with E-state index >= 15 is 0 Å². The van der Waals surface area contributed by atoms with Crippen LogP contribution in [0.3, 0.4) is 0 Å². The second kappa shape index (κ2) is 5.52.